The van der Waals surface area contributed by atoms with Gasteiger partial charge in [-0.15, -0.1) is 0 Å². The van der Waals surface area contributed by atoms with Crippen LogP contribution in [0.2, 0.25) is 5.02 Å². The normalized spacial score (nSPS) is 17.1. The number of carbonyl (C=O) groups excluding carboxylic acids is 2. The first-order chi connectivity index (χ1) is 23.2. The van der Waals surface area contributed by atoms with E-state index in [1.54, 1.807) is 41.3 Å². The van der Waals surface area contributed by atoms with Gasteiger partial charge in [0.05, 0.1) is 11.3 Å². The number of nitriles is 1. The van der Waals surface area contributed by atoms with E-state index in [-0.39, 0.29) is 28.2 Å². The van der Waals surface area contributed by atoms with Crippen molar-refractivity contribution in [1.29, 1.82) is 5.26 Å². The molecule has 0 aromatic heterocycles. The van der Waals surface area contributed by atoms with Crippen LogP contribution in [0.4, 0.5) is 5.69 Å². The van der Waals surface area contributed by atoms with Gasteiger partial charge in [0, 0.05) is 31.1 Å². The van der Waals surface area contributed by atoms with E-state index >= 15 is 0 Å². The number of hydrogen-bond acceptors (Lipinski definition) is 6. The van der Waals surface area contributed by atoms with Crippen molar-refractivity contribution in [3.05, 3.63) is 130 Å². The molecule has 0 saturated carbocycles. The van der Waals surface area contributed by atoms with Crippen LogP contribution in [0.5, 0.6) is 0 Å². The number of hydrogen-bond donors (Lipinski definition) is 3. The topological polar surface area (TPSA) is 131 Å². The number of anilines is 1. The Morgan fingerprint density at radius 1 is 0.917 bits per heavy atom. The molecule has 48 heavy (non-hydrogen) atoms. The fourth-order valence-corrected chi connectivity index (χ4v) is 7.99. The lowest BCUT2D eigenvalue weighted by Crippen LogP contribution is -2.54. The lowest BCUT2D eigenvalue weighted by molar-refractivity contribution is -0.137. The van der Waals surface area contributed by atoms with Gasteiger partial charge in [0.15, 0.2) is 0 Å². The monoisotopic (exact) mass is 681 g/mol. The average molecular weight is 682 g/mol. The molecule has 2 heterocycles. The Bertz CT molecular complexity index is 1950. The third-order valence-electron chi connectivity index (χ3n) is 9.09. The third-order valence-corrected chi connectivity index (χ3v) is 10.8. The average Bonchev–Trinajstić information content (AvgIpc) is 3.11. The van der Waals surface area contributed by atoms with E-state index in [0.29, 0.717) is 49.6 Å². The Morgan fingerprint density at radius 3 is 2.33 bits per heavy atom. The molecule has 2 aliphatic rings. The number of para-hydroxylation sites is 1. The van der Waals surface area contributed by atoms with Crippen LogP contribution in [0.25, 0.3) is 0 Å². The lowest BCUT2D eigenvalue weighted by atomic mass is 9.88. The highest BCUT2D eigenvalue weighted by molar-refractivity contribution is 7.92. The summed E-state index contributed by atoms with van der Waals surface area (Å²) in [5.41, 5.74) is 4.27. The molecule has 3 N–H and O–H groups in total. The van der Waals surface area contributed by atoms with Crippen LogP contribution in [-0.2, 0) is 32.5 Å². The number of rotatable bonds is 9. The van der Waals surface area contributed by atoms with Gasteiger partial charge >= 0.3 is 0 Å². The van der Waals surface area contributed by atoms with Crippen LogP contribution in [0.15, 0.2) is 102 Å². The Balaban J connectivity index is 1.17. The van der Waals surface area contributed by atoms with Gasteiger partial charge in [0.2, 0.25) is 11.8 Å². The first-order valence-corrected chi connectivity index (χ1v) is 17.9. The van der Waals surface area contributed by atoms with Crippen LogP contribution in [0, 0.1) is 11.3 Å². The minimum absolute atomic E-state index is 0.00796. The molecule has 2 atom stereocenters. The van der Waals surface area contributed by atoms with Crippen molar-refractivity contribution >= 4 is 39.1 Å². The zero-order chi connectivity index (χ0) is 33.7. The predicted molar refractivity (Wildman–Crippen MR) is 185 cm³/mol. The van der Waals surface area contributed by atoms with E-state index in [1.807, 2.05) is 54.6 Å². The number of nitrogens with zero attached hydrogens (tertiary/aromatic N) is 2. The number of nitrogens with one attached hydrogen (secondary N) is 3. The summed E-state index contributed by atoms with van der Waals surface area (Å²) in [6, 6.07) is 29.1. The number of likely N-dealkylation sites (tertiary alicyclic amines) is 1. The molecular formula is C37H36ClN5O4S. The van der Waals surface area contributed by atoms with Crippen molar-refractivity contribution in [2.24, 2.45) is 0 Å². The minimum Gasteiger partial charge on any atom is -0.342 e. The van der Waals surface area contributed by atoms with E-state index in [0.717, 1.165) is 28.7 Å². The summed E-state index contributed by atoms with van der Waals surface area (Å²) in [6.45, 7) is 1.56. The van der Waals surface area contributed by atoms with Crippen LogP contribution < -0.4 is 15.4 Å². The molecule has 4 aromatic rings. The molecule has 0 spiro atoms. The number of piperidine rings is 1. The number of fused-ring (bicyclic) bond motifs is 1. The SMILES string of the molecule is N#Cc1ccccc1S(=O)(=O)Nc1ccccc1C1CCN(C(=O)[C@@H](Cc2ccc(Cl)cc2)NC(=O)C2NCCc3ccccc32)CC1. The standard InChI is InChI=1S/C37H36ClN5O4S/c38-29-15-13-25(14-16-29)23-33(41-36(44)35-31-10-3-1-7-26(31)17-20-40-35)37(45)43-21-18-27(19-22-43)30-9-4-5-11-32(30)42-48(46,47)34-12-6-2-8-28(34)24-39/h1-16,27,33,35,40,42H,17-23H2,(H,41,44)/t33-,35?/m1/s1. The largest absolute Gasteiger partial charge is 0.342 e. The van der Waals surface area contributed by atoms with Crippen molar-refractivity contribution in [2.75, 3.05) is 24.4 Å². The summed E-state index contributed by atoms with van der Waals surface area (Å²) in [7, 11) is -4.02. The molecule has 4 aromatic carbocycles. The van der Waals surface area contributed by atoms with Crippen LogP contribution in [0.1, 0.15) is 52.6 Å². The van der Waals surface area contributed by atoms with Crippen molar-refractivity contribution < 1.29 is 18.0 Å². The molecule has 1 unspecified atom stereocenters. The van der Waals surface area contributed by atoms with Gasteiger partial charge in [-0.1, -0.05) is 78.3 Å². The van der Waals surface area contributed by atoms with Gasteiger partial charge in [-0.2, -0.15) is 5.26 Å². The van der Waals surface area contributed by atoms with Crippen molar-refractivity contribution in [3.63, 3.8) is 0 Å². The summed E-state index contributed by atoms with van der Waals surface area (Å²) < 4.78 is 29.3. The molecule has 246 valence electrons. The van der Waals surface area contributed by atoms with E-state index in [2.05, 4.69) is 15.4 Å². The fraction of sp³-hybridized carbons (Fsp3) is 0.270. The second-order valence-corrected chi connectivity index (χ2v) is 14.2. The quantitative estimate of drug-likeness (QED) is 0.219. The first-order valence-electron chi connectivity index (χ1n) is 16.0. The summed E-state index contributed by atoms with van der Waals surface area (Å²) in [4.78, 5) is 29.5. The maximum atomic E-state index is 14.1. The maximum absolute atomic E-state index is 14.1. The summed E-state index contributed by atoms with van der Waals surface area (Å²) in [6.07, 6.45) is 2.36. The number of sulfonamides is 1. The second kappa shape index (κ2) is 14.6. The molecule has 11 heteroatoms. The van der Waals surface area contributed by atoms with Gasteiger partial charge in [0.1, 0.15) is 23.0 Å². The summed E-state index contributed by atoms with van der Waals surface area (Å²) in [5.74, 6) is -0.419. The van der Waals surface area contributed by atoms with E-state index < -0.39 is 22.1 Å². The molecule has 2 amide bonds. The van der Waals surface area contributed by atoms with Gasteiger partial charge in [-0.3, -0.25) is 14.3 Å². The lowest BCUT2D eigenvalue weighted by Gasteiger charge is -2.36. The molecule has 0 bridgehead atoms. The van der Waals surface area contributed by atoms with Crippen molar-refractivity contribution in [3.8, 4) is 6.07 Å². The first kappa shape index (κ1) is 33.2. The number of benzene rings is 4. The maximum Gasteiger partial charge on any atom is 0.263 e. The summed E-state index contributed by atoms with van der Waals surface area (Å²) in [5, 5.41) is 16.4. The number of carbonyl (C=O) groups is 2. The fourth-order valence-electron chi connectivity index (χ4n) is 6.62. The van der Waals surface area contributed by atoms with Gasteiger partial charge in [-0.05, 0) is 77.8 Å². The zero-order valence-electron chi connectivity index (χ0n) is 26.2. The highest BCUT2D eigenvalue weighted by atomic mass is 35.5. The van der Waals surface area contributed by atoms with Crippen molar-refractivity contribution in [2.45, 2.75) is 48.6 Å². The molecular weight excluding hydrogens is 646 g/mol. The van der Waals surface area contributed by atoms with E-state index in [1.165, 1.54) is 12.1 Å². The number of amides is 2. The van der Waals surface area contributed by atoms with E-state index in [9.17, 15) is 23.3 Å². The third kappa shape index (κ3) is 7.39. The molecule has 0 radical (unpaired) electrons. The Hall–Kier alpha value is -4.69. The Kier molecular flexibility index (Phi) is 10.1. The highest BCUT2D eigenvalue weighted by Gasteiger charge is 2.34. The summed E-state index contributed by atoms with van der Waals surface area (Å²) >= 11 is 6.12. The van der Waals surface area contributed by atoms with Crippen LogP contribution >= 0.6 is 11.6 Å². The zero-order valence-corrected chi connectivity index (χ0v) is 27.8. The van der Waals surface area contributed by atoms with E-state index in [4.69, 9.17) is 11.6 Å². The van der Waals surface area contributed by atoms with Crippen LogP contribution in [-0.4, -0.2) is 50.8 Å². The predicted octanol–water partition coefficient (Wildman–Crippen LogP) is 5.33. The van der Waals surface area contributed by atoms with Gasteiger partial charge < -0.3 is 15.5 Å². The molecule has 0 aliphatic carbocycles. The van der Waals surface area contributed by atoms with Gasteiger partial charge in [-0.25, -0.2) is 8.42 Å². The number of halogens is 1. The highest BCUT2D eigenvalue weighted by Crippen LogP contribution is 2.34. The molecule has 1 fully saturated rings. The second-order valence-electron chi connectivity index (χ2n) is 12.1. The molecule has 2 aliphatic heterocycles. The Morgan fingerprint density at radius 2 is 1.58 bits per heavy atom. The van der Waals surface area contributed by atoms with Crippen molar-refractivity contribution in [1.82, 2.24) is 15.5 Å². The molecule has 6 rings (SSSR count). The Labute approximate surface area is 286 Å². The molecule has 9 nitrogen and oxygen atoms in total. The smallest absolute Gasteiger partial charge is 0.263 e. The minimum atomic E-state index is -4.02. The van der Waals surface area contributed by atoms with Crippen LogP contribution in [0.3, 0.4) is 0 Å². The molecule has 1 saturated heterocycles. The van der Waals surface area contributed by atoms with Gasteiger partial charge in [0.25, 0.3) is 10.0 Å².